The number of likely N-dealkylation sites (tertiary alicyclic amines) is 1. The highest BCUT2D eigenvalue weighted by Crippen LogP contribution is 2.42. The number of benzene rings is 1. The standard InChI is InChI=1S/C22H30F3N3O3.ClH/c1-28(26-15-21(30)31,20(29)13-16-7-3-2-4-8-16)19-10-9-17(22(23,24)25)14-18(19)27-11-5-6-12-27;/h2-4,7-8,17-19,26H,5-6,9-15H2,1H3;1H/p+1/t17?,18-,19-,28?;/m1./s1. The van der Waals surface area contributed by atoms with E-state index in [0.29, 0.717) is 13.1 Å². The second kappa shape index (κ2) is 11.0. The number of aliphatic carboxylic acids is 1. The Kier molecular flexibility index (Phi) is 9.10. The van der Waals surface area contributed by atoms with Gasteiger partial charge in [-0.25, -0.2) is 4.79 Å². The number of likely N-dealkylation sites (N-methyl/N-ethyl adjacent to an activating group) is 1. The molecule has 1 heterocycles. The topological polar surface area (TPSA) is 69.6 Å². The van der Waals surface area contributed by atoms with Crippen LogP contribution < -0.4 is 5.43 Å². The van der Waals surface area contributed by atoms with Crippen LogP contribution in [0.15, 0.2) is 30.3 Å². The number of halogens is 4. The monoisotopic (exact) mass is 478 g/mol. The van der Waals surface area contributed by atoms with Crippen molar-refractivity contribution in [1.29, 1.82) is 0 Å². The van der Waals surface area contributed by atoms with Crippen LogP contribution in [0.4, 0.5) is 13.2 Å². The van der Waals surface area contributed by atoms with Crippen molar-refractivity contribution in [3.8, 4) is 0 Å². The van der Waals surface area contributed by atoms with Gasteiger partial charge in [-0.05, 0) is 44.3 Å². The number of rotatable bonds is 7. The first-order chi connectivity index (χ1) is 14.6. The summed E-state index contributed by atoms with van der Waals surface area (Å²) >= 11 is 0. The maximum Gasteiger partial charge on any atom is 0.391 e. The number of hydrogen-bond acceptors (Lipinski definition) is 4. The van der Waals surface area contributed by atoms with E-state index in [1.54, 1.807) is 7.05 Å². The van der Waals surface area contributed by atoms with Gasteiger partial charge in [0.25, 0.3) is 0 Å². The molecule has 1 amide bonds. The van der Waals surface area contributed by atoms with Gasteiger partial charge in [-0.1, -0.05) is 30.3 Å². The molecule has 1 aliphatic heterocycles. The van der Waals surface area contributed by atoms with Crippen LogP contribution in [0.1, 0.15) is 37.7 Å². The molecule has 0 radical (unpaired) electrons. The van der Waals surface area contributed by atoms with Crippen molar-refractivity contribution in [2.45, 2.75) is 56.8 Å². The molecular formula is C22H32ClF3N3O3+. The molecule has 0 bridgehead atoms. The molecule has 180 valence electrons. The Morgan fingerprint density at radius 1 is 1.16 bits per heavy atom. The molecule has 1 saturated carbocycles. The Balaban J connectivity index is 0.00000363. The van der Waals surface area contributed by atoms with E-state index in [0.717, 1.165) is 18.4 Å². The smallest absolute Gasteiger partial charge is 0.391 e. The highest BCUT2D eigenvalue weighted by atomic mass is 35.5. The summed E-state index contributed by atoms with van der Waals surface area (Å²) < 4.78 is 40.2. The number of carbonyl (C=O) groups excluding carboxylic acids is 1. The van der Waals surface area contributed by atoms with Gasteiger partial charge >= 0.3 is 18.1 Å². The highest BCUT2D eigenvalue weighted by molar-refractivity contribution is 5.85. The third kappa shape index (κ3) is 6.21. The molecule has 0 spiro atoms. The normalized spacial score (nSPS) is 26.2. The highest BCUT2D eigenvalue weighted by Gasteiger charge is 2.54. The number of amides is 1. The van der Waals surface area contributed by atoms with Gasteiger partial charge in [-0.15, -0.1) is 17.8 Å². The fourth-order valence-electron chi connectivity index (χ4n) is 5.05. The Morgan fingerprint density at radius 2 is 1.78 bits per heavy atom. The third-order valence-electron chi connectivity index (χ3n) is 6.79. The lowest BCUT2D eigenvalue weighted by Crippen LogP contribution is -2.71. The van der Waals surface area contributed by atoms with Crippen LogP contribution in [0.5, 0.6) is 0 Å². The predicted octanol–water partition coefficient (Wildman–Crippen LogP) is 3.41. The van der Waals surface area contributed by atoms with Crippen molar-refractivity contribution in [2.75, 3.05) is 26.7 Å². The van der Waals surface area contributed by atoms with Crippen molar-refractivity contribution >= 4 is 24.3 Å². The molecule has 1 saturated heterocycles. The molecule has 2 N–H and O–H groups in total. The van der Waals surface area contributed by atoms with Crippen molar-refractivity contribution in [3.05, 3.63) is 35.9 Å². The van der Waals surface area contributed by atoms with E-state index in [1.165, 1.54) is 0 Å². The molecule has 1 aromatic carbocycles. The fraction of sp³-hybridized carbons (Fsp3) is 0.636. The number of hydrogen-bond donors (Lipinski definition) is 2. The van der Waals surface area contributed by atoms with Crippen LogP contribution in [-0.2, 0) is 16.0 Å². The number of nitrogens with one attached hydrogen (secondary N) is 1. The summed E-state index contributed by atoms with van der Waals surface area (Å²) in [5, 5.41) is 9.23. The summed E-state index contributed by atoms with van der Waals surface area (Å²) in [6, 6.07) is 8.22. The minimum atomic E-state index is -4.27. The second-order valence-electron chi connectivity index (χ2n) is 8.79. The maximum absolute atomic E-state index is 13.5. The van der Waals surface area contributed by atoms with Crippen molar-refractivity contribution in [1.82, 2.24) is 10.3 Å². The number of nitrogens with zero attached hydrogens (tertiary/aromatic N) is 2. The molecule has 10 heteroatoms. The number of quaternary nitrogens is 1. The van der Waals surface area contributed by atoms with Crippen LogP contribution in [0.25, 0.3) is 0 Å². The average Bonchev–Trinajstić information content (AvgIpc) is 3.26. The molecule has 2 aliphatic rings. The van der Waals surface area contributed by atoms with Gasteiger partial charge in [0.15, 0.2) is 0 Å². The fourth-order valence-corrected chi connectivity index (χ4v) is 5.05. The SMILES string of the molecule is C[N+](NCC(=O)O)(C(=O)Cc1ccccc1)[C@@H]1CCC(C(F)(F)F)C[C@H]1N1CCCC1.Cl. The Labute approximate surface area is 192 Å². The summed E-state index contributed by atoms with van der Waals surface area (Å²) in [5.74, 6) is -2.75. The van der Waals surface area contributed by atoms with E-state index >= 15 is 0 Å². The number of carboxylic acids is 1. The minimum absolute atomic E-state index is 0. The summed E-state index contributed by atoms with van der Waals surface area (Å²) in [6.45, 7) is 0.970. The van der Waals surface area contributed by atoms with E-state index in [2.05, 4.69) is 10.3 Å². The molecule has 2 unspecified atom stereocenters. The lowest BCUT2D eigenvalue weighted by molar-refractivity contribution is -0.907. The first-order valence-electron chi connectivity index (χ1n) is 10.8. The Bertz CT molecular complexity index is 775. The van der Waals surface area contributed by atoms with Gasteiger partial charge in [0.05, 0.1) is 25.4 Å². The van der Waals surface area contributed by atoms with Gasteiger partial charge in [0.1, 0.15) is 12.6 Å². The minimum Gasteiger partial charge on any atom is -0.480 e. The molecule has 0 aromatic heterocycles. The summed E-state index contributed by atoms with van der Waals surface area (Å²) in [5.41, 5.74) is 3.66. The van der Waals surface area contributed by atoms with Gasteiger partial charge in [-0.2, -0.15) is 17.8 Å². The van der Waals surface area contributed by atoms with Gasteiger partial charge < -0.3 is 5.11 Å². The molecule has 32 heavy (non-hydrogen) atoms. The van der Waals surface area contributed by atoms with Gasteiger partial charge in [0, 0.05) is 6.42 Å². The largest absolute Gasteiger partial charge is 0.480 e. The molecular weight excluding hydrogens is 447 g/mol. The van der Waals surface area contributed by atoms with Gasteiger partial charge in [-0.3, -0.25) is 9.69 Å². The molecule has 4 atom stereocenters. The van der Waals surface area contributed by atoms with Crippen LogP contribution in [0, 0.1) is 5.92 Å². The molecule has 1 aromatic rings. The summed E-state index contributed by atoms with van der Waals surface area (Å²) in [7, 11) is 1.62. The lowest BCUT2D eigenvalue weighted by Gasteiger charge is -2.48. The zero-order valence-electron chi connectivity index (χ0n) is 18.2. The zero-order chi connectivity index (χ0) is 22.6. The van der Waals surface area contributed by atoms with Crippen molar-refractivity contribution in [3.63, 3.8) is 0 Å². The van der Waals surface area contributed by atoms with Crippen molar-refractivity contribution in [2.24, 2.45) is 5.92 Å². The molecule has 2 fully saturated rings. The van der Waals surface area contributed by atoms with Crippen LogP contribution in [0.2, 0.25) is 0 Å². The van der Waals surface area contributed by atoms with Crippen molar-refractivity contribution < 1.29 is 32.5 Å². The Morgan fingerprint density at radius 3 is 2.34 bits per heavy atom. The summed E-state index contributed by atoms with van der Waals surface area (Å²) in [4.78, 5) is 26.8. The van der Waals surface area contributed by atoms with Crippen LogP contribution >= 0.6 is 12.4 Å². The molecule has 6 nitrogen and oxygen atoms in total. The number of carboxylic acid groups (broad SMARTS) is 1. The predicted molar refractivity (Wildman–Crippen MR) is 116 cm³/mol. The first-order valence-corrected chi connectivity index (χ1v) is 10.8. The number of alkyl halides is 3. The van der Waals surface area contributed by atoms with Crippen LogP contribution in [-0.4, -0.2) is 71.4 Å². The molecule has 3 rings (SSSR count). The molecule has 1 aliphatic carbocycles. The Hall–Kier alpha value is -1.68. The van der Waals surface area contributed by atoms with Crippen LogP contribution in [0.3, 0.4) is 0 Å². The van der Waals surface area contributed by atoms with E-state index < -0.39 is 36.7 Å². The van der Waals surface area contributed by atoms with E-state index in [9.17, 15) is 27.9 Å². The van der Waals surface area contributed by atoms with E-state index in [-0.39, 0.29) is 48.6 Å². The number of carbonyl (C=O) groups is 2. The lowest BCUT2D eigenvalue weighted by atomic mass is 9.80. The average molecular weight is 479 g/mol. The summed E-state index contributed by atoms with van der Waals surface area (Å²) in [6.07, 6.45) is -2.26. The van der Waals surface area contributed by atoms with E-state index in [1.807, 2.05) is 30.3 Å². The van der Waals surface area contributed by atoms with E-state index in [4.69, 9.17) is 0 Å². The first kappa shape index (κ1) is 26.6. The van der Waals surface area contributed by atoms with Gasteiger partial charge in [0.2, 0.25) is 0 Å². The second-order valence-corrected chi connectivity index (χ2v) is 8.79. The third-order valence-corrected chi connectivity index (χ3v) is 6.79. The quantitative estimate of drug-likeness (QED) is 0.464. The zero-order valence-corrected chi connectivity index (χ0v) is 19.0. The maximum atomic E-state index is 13.5.